The van der Waals surface area contributed by atoms with Gasteiger partial charge >= 0.3 is 5.97 Å². The second kappa shape index (κ2) is 6.52. The summed E-state index contributed by atoms with van der Waals surface area (Å²) in [5.41, 5.74) is -0.584. The summed E-state index contributed by atoms with van der Waals surface area (Å²) >= 11 is 11.8. The predicted octanol–water partition coefficient (Wildman–Crippen LogP) is 3.16. The van der Waals surface area contributed by atoms with Gasteiger partial charge in [0.25, 0.3) is 0 Å². The zero-order valence-electron chi connectivity index (χ0n) is 11.9. The van der Waals surface area contributed by atoms with E-state index in [1.165, 1.54) is 18.2 Å². The molecule has 1 aromatic carbocycles. The third-order valence-corrected chi connectivity index (χ3v) is 5.34. The number of carboxylic acid groups (broad SMARTS) is 1. The van der Waals surface area contributed by atoms with Gasteiger partial charge in [0.15, 0.2) is 0 Å². The Morgan fingerprint density at radius 2 is 1.76 bits per heavy atom. The van der Waals surface area contributed by atoms with Gasteiger partial charge in [0.05, 0.1) is 16.5 Å². The molecular weight excluding hydrogens is 337 g/mol. The quantitative estimate of drug-likeness (QED) is 0.851. The lowest BCUT2D eigenvalue weighted by atomic mass is 9.85. The van der Waals surface area contributed by atoms with Crippen LogP contribution in [0.5, 0.6) is 0 Å². The highest BCUT2D eigenvalue weighted by Crippen LogP contribution is 2.31. The molecule has 0 aliphatic heterocycles. The van der Waals surface area contributed by atoms with E-state index >= 15 is 0 Å². The summed E-state index contributed by atoms with van der Waals surface area (Å²) in [5, 5.41) is 8.91. The number of hydrogen-bond acceptors (Lipinski definition) is 3. The Balaban J connectivity index is 3.21. The molecule has 8 heteroatoms. The van der Waals surface area contributed by atoms with Crippen LogP contribution >= 0.6 is 23.2 Å². The summed E-state index contributed by atoms with van der Waals surface area (Å²) in [6.45, 7) is 5.24. The van der Waals surface area contributed by atoms with Gasteiger partial charge in [-0.1, -0.05) is 50.0 Å². The molecule has 1 atom stereocenters. The Hall–Kier alpha value is -0.820. The van der Waals surface area contributed by atoms with Gasteiger partial charge in [0.2, 0.25) is 10.0 Å². The van der Waals surface area contributed by atoms with Gasteiger partial charge in [0, 0.05) is 6.04 Å². The second-order valence-electron chi connectivity index (χ2n) is 5.69. The van der Waals surface area contributed by atoms with Gasteiger partial charge in [-0.05, 0) is 17.5 Å². The smallest absolute Gasteiger partial charge is 0.304 e. The Bertz CT molecular complexity index is 618. The molecule has 0 saturated carbocycles. The van der Waals surface area contributed by atoms with Crippen molar-refractivity contribution in [1.82, 2.24) is 4.72 Å². The van der Waals surface area contributed by atoms with E-state index in [1.54, 1.807) is 20.8 Å². The van der Waals surface area contributed by atoms with E-state index < -0.39 is 27.4 Å². The molecule has 0 fully saturated rings. The van der Waals surface area contributed by atoms with Gasteiger partial charge in [-0.2, -0.15) is 0 Å². The Morgan fingerprint density at radius 1 is 1.29 bits per heavy atom. The largest absolute Gasteiger partial charge is 0.481 e. The predicted molar refractivity (Wildman–Crippen MR) is 82.3 cm³/mol. The first-order valence-corrected chi connectivity index (χ1v) is 8.37. The summed E-state index contributed by atoms with van der Waals surface area (Å²) < 4.78 is 27.3. The molecule has 118 valence electrons. The van der Waals surface area contributed by atoms with Crippen molar-refractivity contribution in [1.29, 1.82) is 0 Å². The molecule has 1 aromatic rings. The van der Waals surface area contributed by atoms with Crippen molar-refractivity contribution in [3.05, 3.63) is 28.2 Å². The third-order valence-electron chi connectivity index (χ3n) is 2.91. The van der Waals surface area contributed by atoms with Crippen LogP contribution in [0.25, 0.3) is 0 Å². The zero-order valence-corrected chi connectivity index (χ0v) is 14.2. The van der Waals surface area contributed by atoms with Crippen molar-refractivity contribution in [2.24, 2.45) is 5.41 Å². The molecule has 0 aliphatic carbocycles. The minimum absolute atomic E-state index is 0.0158. The number of aliphatic carboxylic acids is 1. The standard InChI is InChI=1S/C13H17Cl2NO4S/c1-13(2,3)10(7-11(17)18)16-21(19,20)12-8(14)5-4-6-9(12)15/h4-6,10,16H,7H2,1-3H3,(H,17,18). The number of nitrogens with one attached hydrogen (secondary N) is 1. The Morgan fingerprint density at radius 3 is 2.14 bits per heavy atom. The number of halogens is 2. The van der Waals surface area contributed by atoms with Crippen LogP contribution < -0.4 is 4.72 Å². The first-order chi connectivity index (χ1) is 9.45. The van der Waals surface area contributed by atoms with Crippen molar-refractivity contribution < 1.29 is 18.3 Å². The molecule has 1 rings (SSSR count). The van der Waals surface area contributed by atoms with E-state index in [0.29, 0.717) is 0 Å². The highest BCUT2D eigenvalue weighted by Gasteiger charge is 2.33. The summed E-state index contributed by atoms with van der Waals surface area (Å²) in [6.07, 6.45) is -0.342. The van der Waals surface area contributed by atoms with Gasteiger partial charge in [0.1, 0.15) is 4.90 Å². The molecule has 0 amide bonds. The molecule has 0 aliphatic rings. The van der Waals surface area contributed by atoms with Crippen LogP contribution in [-0.2, 0) is 14.8 Å². The molecule has 0 radical (unpaired) electrons. The number of rotatable bonds is 5. The van der Waals surface area contributed by atoms with Crippen LogP contribution in [0.4, 0.5) is 0 Å². The Labute approximate surface area is 134 Å². The molecule has 21 heavy (non-hydrogen) atoms. The summed E-state index contributed by atoms with van der Waals surface area (Å²) in [4.78, 5) is 10.7. The van der Waals surface area contributed by atoms with Crippen LogP contribution in [0, 0.1) is 5.41 Å². The van der Waals surface area contributed by atoms with E-state index in [1.807, 2.05) is 0 Å². The summed E-state index contributed by atoms with van der Waals surface area (Å²) in [5.74, 6) is -1.09. The molecule has 0 saturated heterocycles. The average molecular weight is 354 g/mol. The minimum atomic E-state index is -4.03. The summed E-state index contributed by atoms with van der Waals surface area (Å²) in [7, 11) is -4.03. The van der Waals surface area contributed by atoms with Crippen LogP contribution in [0.15, 0.2) is 23.1 Å². The van der Waals surface area contributed by atoms with E-state index in [2.05, 4.69) is 4.72 Å². The first-order valence-electron chi connectivity index (χ1n) is 6.13. The molecule has 5 nitrogen and oxygen atoms in total. The topological polar surface area (TPSA) is 83.5 Å². The normalized spacial score (nSPS) is 14.0. The van der Waals surface area contributed by atoms with Gasteiger partial charge in [-0.15, -0.1) is 0 Å². The lowest BCUT2D eigenvalue weighted by molar-refractivity contribution is -0.138. The molecule has 2 N–H and O–H groups in total. The maximum Gasteiger partial charge on any atom is 0.304 e. The highest BCUT2D eigenvalue weighted by atomic mass is 35.5. The maximum absolute atomic E-state index is 12.4. The van der Waals surface area contributed by atoms with Gasteiger partial charge in [-0.25, -0.2) is 13.1 Å². The fourth-order valence-electron chi connectivity index (χ4n) is 1.68. The molecular formula is C13H17Cl2NO4S. The number of benzene rings is 1. The molecule has 0 bridgehead atoms. The molecule has 0 heterocycles. The van der Waals surface area contributed by atoms with Crippen molar-refractivity contribution in [3.8, 4) is 0 Å². The van der Waals surface area contributed by atoms with E-state index in [4.69, 9.17) is 28.3 Å². The number of carbonyl (C=O) groups is 1. The van der Waals surface area contributed by atoms with Crippen LogP contribution in [0.1, 0.15) is 27.2 Å². The Kier molecular flexibility index (Phi) is 5.66. The van der Waals surface area contributed by atoms with Gasteiger partial charge in [-0.3, -0.25) is 4.79 Å². The number of sulfonamides is 1. The number of hydrogen-bond donors (Lipinski definition) is 2. The molecule has 0 spiro atoms. The fraction of sp³-hybridized carbons (Fsp3) is 0.462. The highest BCUT2D eigenvalue weighted by molar-refractivity contribution is 7.89. The maximum atomic E-state index is 12.4. The fourth-order valence-corrected chi connectivity index (χ4v) is 4.27. The monoisotopic (exact) mass is 353 g/mol. The second-order valence-corrected chi connectivity index (χ2v) is 8.15. The van der Waals surface area contributed by atoms with Gasteiger partial charge < -0.3 is 5.11 Å². The lowest BCUT2D eigenvalue weighted by Crippen LogP contribution is -2.45. The minimum Gasteiger partial charge on any atom is -0.481 e. The van der Waals surface area contributed by atoms with Crippen molar-refractivity contribution in [2.45, 2.75) is 38.1 Å². The lowest BCUT2D eigenvalue weighted by Gasteiger charge is -2.30. The van der Waals surface area contributed by atoms with E-state index in [0.717, 1.165) is 0 Å². The first kappa shape index (κ1) is 18.2. The third kappa shape index (κ3) is 4.85. The summed E-state index contributed by atoms with van der Waals surface area (Å²) in [6, 6.07) is 3.55. The van der Waals surface area contributed by atoms with Crippen molar-refractivity contribution >= 4 is 39.2 Å². The zero-order chi connectivity index (χ0) is 16.4. The molecule has 1 unspecified atom stereocenters. The number of carboxylic acids is 1. The van der Waals surface area contributed by atoms with E-state index in [-0.39, 0.29) is 21.4 Å². The molecule has 0 aromatic heterocycles. The van der Waals surface area contributed by atoms with E-state index in [9.17, 15) is 13.2 Å². The average Bonchev–Trinajstić information content (AvgIpc) is 2.24. The SMILES string of the molecule is CC(C)(C)C(CC(=O)O)NS(=O)(=O)c1c(Cl)cccc1Cl. The van der Waals surface area contributed by atoms with Crippen molar-refractivity contribution in [3.63, 3.8) is 0 Å². The van der Waals surface area contributed by atoms with Crippen LogP contribution in [0.3, 0.4) is 0 Å². The van der Waals surface area contributed by atoms with Crippen LogP contribution in [0.2, 0.25) is 10.0 Å². The van der Waals surface area contributed by atoms with Crippen LogP contribution in [-0.4, -0.2) is 25.5 Å². The van der Waals surface area contributed by atoms with Crippen molar-refractivity contribution in [2.75, 3.05) is 0 Å².